The molecule has 1 N–H and O–H groups in total. The van der Waals surface area contributed by atoms with Crippen molar-refractivity contribution in [2.75, 3.05) is 13.2 Å². The molecule has 0 saturated heterocycles. The summed E-state index contributed by atoms with van der Waals surface area (Å²) in [6.07, 6.45) is 3.30. The SMILES string of the molecule is Cc1ccccc1CNC(=O)/C=C/c1ccc2c(c1)OCCO2. The first-order chi connectivity index (χ1) is 11.2. The molecule has 0 fully saturated rings. The Bertz CT molecular complexity index is 737. The number of hydrogen-bond donors (Lipinski definition) is 1. The molecule has 4 heteroatoms. The topological polar surface area (TPSA) is 47.6 Å². The van der Waals surface area contributed by atoms with Crippen LogP contribution in [0.5, 0.6) is 11.5 Å². The van der Waals surface area contributed by atoms with E-state index < -0.39 is 0 Å². The molecule has 2 aromatic rings. The van der Waals surface area contributed by atoms with E-state index in [4.69, 9.17) is 9.47 Å². The van der Waals surface area contributed by atoms with E-state index >= 15 is 0 Å². The van der Waals surface area contributed by atoms with E-state index in [0.717, 1.165) is 22.6 Å². The summed E-state index contributed by atoms with van der Waals surface area (Å²) in [6.45, 7) is 3.68. The van der Waals surface area contributed by atoms with Gasteiger partial charge in [0.05, 0.1) is 0 Å². The van der Waals surface area contributed by atoms with Crippen LogP contribution in [0, 0.1) is 6.92 Å². The van der Waals surface area contributed by atoms with E-state index in [2.05, 4.69) is 5.32 Å². The molecule has 0 bridgehead atoms. The summed E-state index contributed by atoms with van der Waals surface area (Å²) < 4.78 is 11.0. The maximum Gasteiger partial charge on any atom is 0.244 e. The van der Waals surface area contributed by atoms with Crippen LogP contribution >= 0.6 is 0 Å². The third kappa shape index (κ3) is 3.92. The van der Waals surface area contributed by atoms with Gasteiger partial charge < -0.3 is 14.8 Å². The van der Waals surface area contributed by atoms with Crippen LogP contribution in [0.3, 0.4) is 0 Å². The van der Waals surface area contributed by atoms with E-state index in [1.807, 2.05) is 49.4 Å². The number of nitrogens with one attached hydrogen (secondary N) is 1. The zero-order valence-corrected chi connectivity index (χ0v) is 13.0. The number of rotatable bonds is 4. The first-order valence-corrected chi connectivity index (χ1v) is 7.62. The highest BCUT2D eigenvalue weighted by Gasteiger charge is 2.10. The molecule has 1 heterocycles. The van der Waals surface area contributed by atoms with Crippen LogP contribution in [-0.4, -0.2) is 19.1 Å². The molecule has 2 aromatic carbocycles. The second kappa shape index (κ2) is 7.01. The van der Waals surface area contributed by atoms with Crippen LogP contribution in [0.25, 0.3) is 6.08 Å². The van der Waals surface area contributed by atoms with Crippen molar-refractivity contribution in [3.8, 4) is 11.5 Å². The fourth-order valence-corrected chi connectivity index (χ4v) is 2.39. The van der Waals surface area contributed by atoms with E-state index in [-0.39, 0.29) is 5.91 Å². The second-order valence-corrected chi connectivity index (χ2v) is 5.38. The number of carbonyl (C=O) groups excluding carboxylic acids is 1. The average Bonchev–Trinajstić information content (AvgIpc) is 2.59. The van der Waals surface area contributed by atoms with Gasteiger partial charge in [0, 0.05) is 12.6 Å². The van der Waals surface area contributed by atoms with Crippen molar-refractivity contribution in [2.45, 2.75) is 13.5 Å². The zero-order chi connectivity index (χ0) is 16.1. The molecular formula is C19H19NO3. The lowest BCUT2D eigenvalue weighted by atomic mass is 10.1. The number of carbonyl (C=O) groups is 1. The van der Waals surface area contributed by atoms with Gasteiger partial charge in [-0.2, -0.15) is 0 Å². The van der Waals surface area contributed by atoms with Crippen molar-refractivity contribution in [3.05, 3.63) is 65.2 Å². The quantitative estimate of drug-likeness (QED) is 0.883. The van der Waals surface area contributed by atoms with Crippen molar-refractivity contribution >= 4 is 12.0 Å². The predicted octanol–water partition coefficient (Wildman–Crippen LogP) is 3.10. The van der Waals surface area contributed by atoms with Gasteiger partial charge in [-0.25, -0.2) is 0 Å². The fraction of sp³-hybridized carbons (Fsp3) is 0.211. The van der Waals surface area contributed by atoms with Gasteiger partial charge in [0.15, 0.2) is 11.5 Å². The van der Waals surface area contributed by atoms with Gasteiger partial charge in [0.2, 0.25) is 5.91 Å². The van der Waals surface area contributed by atoms with Crippen molar-refractivity contribution in [3.63, 3.8) is 0 Å². The molecule has 1 amide bonds. The molecule has 0 atom stereocenters. The monoisotopic (exact) mass is 309 g/mol. The van der Waals surface area contributed by atoms with E-state index in [9.17, 15) is 4.79 Å². The van der Waals surface area contributed by atoms with Crippen molar-refractivity contribution in [2.24, 2.45) is 0 Å². The first-order valence-electron chi connectivity index (χ1n) is 7.62. The summed E-state index contributed by atoms with van der Waals surface area (Å²) in [4.78, 5) is 11.9. The molecule has 118 valence electrons. The summed E-state index contributed by atoms with van der Waals surface area (Å²) in [7, 11) is 0. The van der Waals surface area contributed by atoms with Crippen LogP contribution in [0.2, 0.25) is 0 Å². The molecule has 0 aromatic heterocycles. The molecule has 0 aliphatic carbocycles. The summed E-state index contributed by atoms with van der Waals surface area (Å²) in [5.74, 6) is 1.35. The van der Waals surface area contributed by atoms with Crippen LogP contribution in [0.1, 0.15) is 16.7 Å². The minimum atomic E-state index is -0.122. The smallest absolute Gasteiger partial charge is 0.244 e. The normalized spacial score (nSPS) is 13.1. The Morgan fingerprint density at radius 3 is 2.74 bits per heavy atom. The Balaban J connectivity index is 1.59. The highest BCUT2D eigenvalue weighted by atomic mass is 16.6. The molecule has 3 rings (SSSR count). The molecule has 1 aliphatic heterocycles. The van der Waals surface area contributed by atoms with Crippen LogP contribution in [0.4, 0.5) is 0 Å². The standard InChI is InChI=1S/C19H19NO3/c1-14-4-2-3-5-16(14)13-20-19(21)9-7-15-6-8-17-18(12-15)23-11-10-22-17/h2-9,12H,10-11,13H2,1H3,(H,20,21)/b9-7+. The van der Waals surface area contributed by atoms with Gasteiger partial charge >= 0.3 is 0 Å². The predicted molar refractivity (Wildman–Crippen MR) is 89.5 cm³/mol. The molecule has 0 spiro atoms. The number of aryl methyl sites for hydroxylation is 1. The van der Waals surface area contributed by atoms with Gasteiger partial charge in [-0.05, 0) is 41.8 Å². The highest BCUT2D eigenvalue weighted by Crippen LogP contribution is 2.31. The molecule has 1 aliphatic rings. The van der Waals surface area contributed by atoms with Crippen molar-refractivity contribution < 1.29 is 14.3 Å². The second-order valence-electron chi connectivity index (χ2n) is 5.38. The summed E-state index contributed by atoms with van der Waals surface area (Å²) in [5.41, 5.74) is 3.19. The molecule has 0 radical (unpaired) electrons. The zero-order valence-electron chi connectivity index (χ0n) is 13.0. The maximum atomic E-state index is 11.9. The number of fused-ring (bicyclic) bond motifs is 1. The first kappa shape index (κ1) is 15.2. The minimum Gasteiger partial charge on any atom is -0.486 e. The lowest BCUT2D eigenvalue weighted by Crippen LogP contribution is -2.20. The molecule has 4 nitrogen and oxygen atoms in total. The van der Waals surface area contributed by atoms with Crippen molar-refractivity contribution in [1.29, 1.82) is 0 Å². The Labute approximate surface area is 135 Å². The lowest BCUT2D eigenvalue weighted by molar-refractivity contribution is -0.116. The fourth-order valence-electron chi connectivity index (χ4n) is 2.39. The number of benzene rings is 2. The number of hydrogen-bond acceptors (Lipinski definition) is 3. The van der Waals surface area contributed by atoms with Gasteiger partial charge in [-0.15, -0.1) is 0 Å². The summed E-state index contributed by atoms with van der Waals surface area (Å²) in [6, 6.07) is 13.6. The largest absolute Gasteiger partial charge is 0.486 e. The number of amides is 1. The van der Waals surface area contributed by atoms with Gasteiger partial charge in [-0.3, -0.25) is 4.79 Å². The van der Waals surface area contributed by atoms with Crippen LogP contribution in [-0.2, 0) is 11.3 Å². The highest BCUT2D eigenvalue weighted by molar-refractivity contribution is 5.91. The molecule has 23 heavy (non-hydrogen) atoms. The van der Waals surface area contributed by atoms with Gasteiger partial charge in [-0.1, -0.05) is 30.3 Å². The number of ether oxygens (including phenoxy) is 2. The molecular weight excluding hydrogens is 290 g/mol. The Morgan fingerprint density at radius 1 is 1.13 bits per heavy atom. The van der Waals surface area contributed by atoms with E-state index in [1.165, 1.54) is 11.6 Å². The Kier molecular flexibility index (Phi) is 4.62. The van der Waals surface area contributed by atoms with Gasteiger partial charge in [0.1, 0.15) is 13.2 Å². The maximum absolute atomic E-state index is 11.9. The van der Waals surface area contributed by atoms with E-state index in [1.54, 1.807) is 6.08 Å². The third-order valence-electron chi connectivity index (χ3n) is 3.71. The van der Waals surface area contributed by atoms with Crippen molar-refractivity contribution in [1.82, 2.24) is 5.32 Å². The summed E-state index contributed by atoms with van der Waals surface area (Å²) in [5, 5.41) is 2.89. The minimum absolute atomic E-state index is 0.122. The summed E-state index contributed by atoms with van der Waals surface area (Å²) >= 11 is 0. The average molecular weight is 309 g/mol. The molecule has 0 unspecified atom stereocenters. The Morgan fingerprint density at radius 2 is 1.91 bits per heavy atom. The van der Waals surface area contributed by atoms with Crippen LogP contribution in [0.15, 0.2) is 48.5 Å². The van der Waals surface area contributed by atoms with Crippen LogP contribution < -0.4 is 14.8 Å². The molecule has 0 saturated carbocycles. The third-order valence-corrected chi connectivity index (χ3v) is 3.71. The Hall–Kier alpha value is -2.75. The van der Waals surface area contributed by atoms with Gasteiger partial charge in [0.25, 0.3) is 0 Å². The lowest BCUT2D eigenvalue weighted by Gasteiger charge is -2.18. The van der Waals surface area contributed by atoms with E-state index in [0.29, 0.717) is 19.8 Å².